The first kappa shape index (κ1) is 21.0. The molecule has 1 amide bonds. The molecule has 2 aromatic carbocycles. The zero-order valence-corrected chi connectivity index (χ0v) is 18.2. The van der Waals surface area contributed by atoms with Crippen LogP contribution in [0.3, 0.4) is 0 Å². The fourth-order valence-corrected chi connectivity index (χ4v) is 4.22. The Labute approximate surface area is 175 Å². The molecule has 0 aliphatic carbocycles. The molecular formula is C23H27N3O2S. The van der Waals surface area contributed by atoms with Crippen molar-refractivity contribution in [1.29, 1.82) is 0 Å². The number of carbonyl (C=O) groups excluding carboxylic acids is 1. The molecule has 0 aliphatic heterocycles. The van der Waals surface area contributed by atoms with E-state index in [1.54, 1.807) is 21.1 Å². The number of para-hydroxylation sites is 1. The Morgan fingerprint density at radius 3 is 2.52 bits per heavy atom. The third-order valence-electron chi connectivity index (χ3n) is 5.05. The minimum Gasteiger partial charge on any atom is -0.320 e. The maximum atomic E-state index is 12.9. The van der Waals surface area contributed by atoms with Crippen molar-refractivity contribution in [3.8, 4) is 5.69 Å². The monoisotopic (exact) mass is 409 g/mol. The number of hydrogen-bond donors (Lipinski definition) is 1. The summed E-state index contributed by atoms with van der Waals surface area (Å²) in [6, 6.07) is 15.9. The predicted octanol–water partition coefficient (Wildman–Crippen LogP) is 4.36. The molecule has 0 unspecified atom stereocenters. The van der Waals surface area contributed by atoms with Gasteiger partial charge in [-0.15, -0.1) is 0 Å². The predicted molar refractivity (Wildman–Crippen MR) is 121 cm³/mol. The number of nitrogens with one attached hydrogen (secondary N) is 1. The van der Waals surface area contributed by atoms with E-state index in [0.29, 0.717) is 17.9 Å². The second kappa shape index (κ2) is 9.18. The van der Waals surface area contributed by atoms with Crippen LogP contribution in [-0.2, 0) is 17.6 Å². The van der Waals surface area contributed by atoms with Gasteiger partial charge in [0, 0.05) is 25.0 Å². The van der Waals surface area contributed by atoms with Gasteiger partial charge in [0.25, 0.3) is 5.56 Å². The van der Waals surface area contributed by atoms with Crippen molar-refractivity contribution in [3.63, 3.8) is 0 Å². The highest BCUT2D eigenvalue weighted by atomic mass is 32.2. The molecule has 6 heteroatoms. The number of hydrogen-bond acceptors (Lipinski definition) is 3. The number of anilines is 1. The zero-order valence-electron chi connectivity index (χ0n) is 17.4. The van der Waals surface area contributed by atoms with Crippen LogP contribution in [0.4, 0.5) is 5.69 Å². The lowest BCUT2D eigenvalue weighted by atomic mass is 10.1. The van der Waals surface area contributed by atoms with Gasteiger partial charge in [0.05, 0.1) is 11.4 Å². The lowest BCUT2D eigenvalue weighted by Gasteiger charge is -2.07. The van der Waals surface area contributed by atoms with Gasteiger partial charge in [-0.05, 0) is 44.0 Å². The molecule has 1 N–H and O–H groups in total. The molecule has 3 aromatic rings. The number of rotatable bonds is 7. The number of aromatic nitrogens is 2. The van der Waals surface area contributed by atoms with Gasteiger partial charge in [-0.2, -0.15) is 11.8 Å². The molecule has 1 aromatic heterocycles. The van der Waals surface area contributed by atoms with Gasteiger partial charge >= 0.3 is 0 Å². The van der Waals surface area contributed by atoms with E-state index in [1.165, 1.54) is 16.7 Å². The molecule has 0 fully saturated rings. The smallest absolute Gasteiger partial charge is 0.295 e. The lowest BCUT2D eigenvalue weighted by molar-refractivity contribution is -0.115. The maximum Gasteiger partial charge on any atom is 0.295 e. The van der Waals surface area contributed by atoms with Gasteiger partial charge in [-0.3, -0.25) is 14.3 Å². The molecule has 3 rings (SSSR count). The van der Waals surface area contributed by atoms with Crippen molar-refractivity contribution in [2.24, 2.45) is 7.05 Å². The summed E-state index contributed by atoms with van der Waals surface area (Å²) in [5.74, 6) is 1.45. The van der Waals surface area contributed by atoms with Gasteiger partial charge < -0.3 is 5.32 Å². The molecule has 0 saturated heterocycles. The van der Waals surface area contributed by atoms with Gasteiger partial charge in [0.2, 0.25) is 5.91 Å². The molecule has 1 heterocycles. The number of thioether (sulfide) groups is 1. The summed E-state index contributed by atoms with van der Waals surface area (Å²) in [6.07, 6.45) is 0.370. The number of aryl methyl sites for hydroxylation is 2. The molecule has 29 heavy (non-hydrogen) atoms. The molecular weight excluding hydrogens is 382 g/mol. The van der Waals surface area contributed by atoms with Gasteiger partial charge in [-0.25, -0.2) is 4.68 Å². The van der Waals surface area contributed by atoms with Crippen molar-refractivity contribution >= 4 is 23.4 Å². The van der Waals surface area contributed by atoms with E-state index in [1.807, 2.05) is 44.3 Å². The second-order valence-electron chi connectivity index (χ2n) is 7.22. The molecule has 0 saturated carbocycles. The lowest BCUT2D eigenvalue weighted by Crippen LogP contribution is -2.23. The van der Waals surface area contributed by atoms with Gasteiger partial charge in [0.1, 0.15) is 5.69 Å². The topological polar surface area (TPSA) is 56.0 Å². The van der Waals surface area contributed by atoms with Crippen LogP contribution in [0.25, 0.3) is 5.69 Å². The van der Waals surface area contributed by atoms with Gasteiger partial charge in [-0.1, -0.05) is 42.0 Å². The van der Waals surface area contributed by atoms with E-state index in [4.69, 9.17) is 0 Å². The molecule has 0 radical (unpaired) electrons. The summed E-state index contributed by atoms with van der Waals surface area (Å²) in [7, 11) is 1.82. The van der Waals surface area contributed by atoms with Crippen LogP contribution < -0.4 is 10.9 Å². The van der Waals surface area contributed by atoms with Crippen LogP contribution in [0.15, 0.2) is 53.3 Å². The Bertz CT molecular complexity index is 1070. The Kier molecular flexibility index (Phi) is 6.64. The van der Waals surface area contributed by atoms with Crippen molar-refractivity contribution in [1.82, 2.24) is 9.36 Å². The number of benzene rings is 2. The Balaban J connectivity index is 1.61. The molecule has 0 aliphatic rings. The van der Waals surface area contributed by atoms with Crippen LogP contribution in [0.1, 0.15) is 28.8 Å². The standard InChI is InChI=1S/C23H27N3O2S/c1-16-10-11-17(2)19(14-16)15-29-13-12-21(27)24-22-18(3)25(4)26(23(22)28)20-8-6-5-7-9-20/h5-11,14H,12-13,15H2,1-4H3,(H,24,27). The largest absolute Gasteiger partial charge is 0.320 e. The van der Waals surface area contributed by atoms with Crippen LogP contribution in [0.2, 0.25) is 0 Å². The number of amides is 1. The first-order chi connectivity index (χ1) is 13.9. The minimum absolute atomic E-state index is 0.135. The Morgan fingerprint density at radius 1 is 1.07 bits per heavy atom. The van der Waals surface area contributed by atoms with E-state index >= 15 is 0 Å². The van der Waals surface area contributed by atoms with Crippen molar-refractivity contribution in [2.75, 3.05) is 11.1 Å². The molecule has 0 spiro atoms. The summed E-state index contributed by atoms with van der Waals surface area (Å²) in [5.41, 5.74) is 5.46. The average molecular weight is 410 g/mol. The highest BCUT2D eigenvalue weighted by Gasteiger charge is 2.17. The Morgan fingerprint density at radius 2 is 1.79 bits per heavy atom. The quantitative estimate of drug-likeness (QED) is 0.590. The third kappa shape index (κ3) is 4.82. The summed E-state index contributed by atoms with van der Waals surface area (Å²) in [4.78, 5) is 25.3. The Hall–Kier alpha value is -2.73. The molecule has 152 valence electrons. The van der Waals surface area contributed by atoms with Crippen LogP contribution in [-0.4, -0.2) is 21.0 Å². The normalized spacial score (nSPS) is 10.9. The highest BCUT2D eigenvalue weighted by molar-refractivity contribution is 7.98. The SMILES string of the molecule is Cc1ccc(C)c(CSCCC(=O)Nc2c(C)n(C)n(-c3ccccc3)c2=O)c1. The van der Waals surface area contributed by atoms with E-state index in [2.05, 4.69) is 37.4 Å². The van der Waals surface area contributed by atoms with E-state index in [-0.39, 0.29) is 11.5 Å². The second-order valence-corrected chi connectivity index (χ2v) is 8.32. The van der Waals surface area contributed by atoms with Crippen molar-refractivity contribution in [3.05, 3.63) is 81.3 Å². The number of nitrogens with zero attached hydrogens (tertiary/aromatic N) is 2. The minimum atomic E-state index is -0.215. The van der Waals surface area contributed by atoms with Crippen molar-refractivity contribution < 1.29 is 4.79 Å². The zero-order chi connectivity index (χ0) is 21.0. The van der Waals surface area contributed by atoms with Crippen LogP contribution in [0.5, 0.6) is 0 Å². The highest BCUT2D eigenvalue weighted by Crippen LogP contribution is 2.19. The van der Waals surface area contributed by atoms with Gasteiger partial charge in [0.15, 0.2) is 0 Å². The summed E-state index contributed by atoms with van der Waals surface area (Å²) in [6.45, 7) is 6.04. The number of carbonyl (C=O) groups is 1. The van der Waals surface area contributed by atoms with Crippen LogP contribution >= 0.6 is 11.8 Å². The van der Waals surface area contributed by atoms with Crippen molar-refractivity contribution in [2.45, 2.75) is 32.9 Å². The van der Waals surface area contributed by atoms with E-state index in [0.717, 1.165) is 17.1 Å². The maximum absolute atomic E-state index is 12.9. The first-order valence-electron chi connectivity index (χ1n) is 9.66. The van der Waals surface area contributed by atoms with E-state index in [9.17, 15) is 9.59 Å². The fraction of sp³-hybridized carbons (Fsp3) is 0.304. The van der Waals surface area contributed by atoms with Crippen LogP contribution in [0, 0.1) is 20.8 Å². The summed E-state index contributed by atoms with van der Waals surface area (Å²) >= 11 is 1.73. The average Bonchev–Trinajstić information content (AvgIpc) is 2.91. The summed E-state index contributed by atoms with van der Waals surface area (Å²) in [5, 5.41) is 2.82. The fourth-order valence-electron chi connectivity index (χ4n) is 3.22. The van der Waals surface area contributed by atoms with E-state index < -0.39 is 0 Å². The first-order valence-corrected chi connectivity index (χ1v) is 10.8. The molecule has 0 atom stereocenters. The molecule has 5 nitrogen and oxygen atoms in total. The third-order valence-corrected chi connectivity index (χ3v) is 6.06. The molecule has 0 bridgehead atoms. The summed E-state index contributed by atoms with van der Waals surface area (Å²) < 4.78 is 3.34.